The fourth-order valence-corrected chi connectivity index (χ4v) is 5.34. The number of methoxy groups -OCH3 is 2. The summed E-state index contributed by atoms with van der Waals surface area (Å²) in [5, 5.41) is 21.6. The highest BCUT2D eigenvalue weighted by Gasteiger charge is 2.50. The van der Waals surface area contributed by atoms with Gasteiger partial charge in [0.15, 0.2) is 0 Å². The van der Waals surface area contributed by atoms with E-state index in [2.05, 4.69) is 11.1 Å². The van der Waals surface area contributed by atoms with Gasteiger partial charge in [-0.2, -0.15) is 0 Å². The van der Waals surface area contributed by atoms with E-state index in [-0.39, 0.29) is 38.0 Å². The lowest BCUT2D eigenvalue weighted by Gasteiger charge is -2.44. The number of carbonyl (C=O) groups excluding carboxylic acids is 1. The van der Waals surface area contributed by atoms with Crippen molar-refractivity contribution < 1.29 is 34.0 Å². The Morgan fingerprint density at radius 3 is 2.52 bits per heavy atom. The molecular weight excluding hydrogens is 518 g/mol. The van der Waals surface area contributed by atoms with Crippen molar-refractivity contribution in [3.05, 3.63) is 63.6 Å². The van der Waals surface area contributed by atoms with Crippen LogP contribution in [0.15, 0.2) is 41.3 Å². The van der Waals surface area contributed by atoms with E-state index >= 15 is 0 Å². The van der Waals surface area contributed by atoms with E-state index in [4.69, 9.17) is 14.2 Å². The first-order chi connectivity index (χ1) is 19.2. The Kier molecular flexibility index (Phi) is 9.83. The average Bonchev–Trinajstić information content (AvgIpc) is 3.77. The molecule has 0 bridgehead atoms. The number of ether oxygens (including phenoxy) is 3. The van der Waals surface area contributed by atoms with Crippen LogP contribution in [0.2, 0.25) is 0 Å². The van der Waals surface area contributed by atoms with Gasteiger partial charge in [-0.3, -0.25) is 9.59 Å². The molecule has 2 amide bonds. The number of amides is 2. The van der Waals surface area contributed by atoms with Crippen molar-refractivity contribution in [2.75, 3.05) is 47.1 Å². The van der Waals surface area contributed by atoms with Gasteiger partial charge in [0.2, 0.25) is 11.5 Å². The van der Waals surface area contributed by atoms with Crippen molar-refractivity contribution in [2.45, 2.75) is 50.3 Å². The van der Waals surface area contributed by atoms with Crippen LogP contribution >= 0.6 is 0 Å². The van der Waals surface area contributed by atoms with Crippen LogP contribution in [-0.2, 0) is 32.8 Å². The second-order valence-electron chi connectivity index (χ2n) is 10.5. The maximum atomic E-state index is 14.2. The summed E-state index contributed by atoms with van der Waals surface area (Å²) in [7, 11) is 3.27. The molecule has 0 spiro atoms. The lowest BCUT2D eigenvalue weighted by molar-refractivity contribution is -0.154. The molecule has 2 unspecified atom stereocenters. The van der Waals surface area contributed by atoms with Crippen LogP contribution in [0.5, 0.6) is 5.75 Å². The summed E-state index contributed by atoms with van der Waals surface area (Å²) in [4.78, 5) is 43.6. The molecule has 218 valence electrons. The summed E-state index contributed by atoms with van der Waals surface area (Å²) in [5.74, 6) is -0.718. The molecular formula is C29H39N3O8. The van der Waals surface area contributed by atoms with Crippen LogP contribution in [-0.4, -0.2) is 90.2 Å². The number of carboxylic acid groups (broad SMARTS) is 1. The number of benzene rings is 1. The number of nitrogens with zero attached hydrogens (tertiary/aromatic N) is 2. The molecule has 1 aromatic heterocycles. The number of hydrogen-bond donors (Lipinski definition) is 3. The number of pyridine rings is 1. The Morgan fingerprint density at radius 1 is 1.10 bits per heavy atom. The van der Waals surface area contributed by atoms with E-state index in [1.807, 2.05) is 12.1 Å². The average molecular weight is 558 g/mol. The van der Waals surface area contributed by atoms with Gasteiger partial charge in [0, 0.05) is 58.8 Å². The first kappa shape index (κ1) is 29.6. The number of rotatable bonds is 13. The highest BCUT2D eigenvalue weighted by molar-refractivity contribution is 5.82. The standard InChI is InChI=1S/C29H39N3O8/c1-38-11-3-4-20-14-21(16-24(15-20)40-13-12-39-2)18-32(23-5-6-23)27(34)25-19-31(28(35)36)10-8-29(25,37)22-7-9-30-26(33)17-22/h7,9,14-17,23,25,37H,3-6,8,10-13,18-19H2,1-2H3,(H,30,33)(H,35,36). The number of aromatic amines is 1. The quantitative estimate of drug-likeness (QED) is 0.319. The van der Waals surface area contributed by atoms with Crippen molar-refractivity contribution in [1.82, 2.24) is 14.8 Å². The molecule has 2 aromatic rings. The summed E-state index contributed by atoms with van der Waals surface area (Å²) in [6.07, 6.45) is 3.55. The summed E-state index contributed by atoms with van der Waals surface area (Å²) in [6, 6.07) is 8.79. The van der Waals surface area contributed by atoms with Gasteiger partial charge in [-0.15, -0.1) is 0 Å². The van der Waals surface area contributed by atoms with Gasteiger partial charge in [0.05, 0.1) is 12.5 Å². The Bertz CT molecular complexity index is 1200. The topological polar surface area (TPSA) is 142 Å². The molecule has 2 atom stereocenters. The molecule has 11 heteroatoms. The Balaban J connectivity index is 1.64. The van der Waals surface area contributed by atoms with Crippen LogP contribution in [0, 0.1) is 5.92 Å². The molecule has 2 fully saturated rings. The van der Waals surface area contributed by atoms with Crippen molar-refractivity contribution in [2.24, 2.45) is 5.92 Å². The maximum Gasteiger partial charge on any atom is 0.407 e. The number of H-pyrrole nitrogens is 1. The Labute approximate surface area is 233 Å². The van der Waals surface area contributed by atoms with E-state index < -0.39 is 23.2 Å². The summed E-state index contributed by atoms with van der Waals surface area (Å²) >= 11 is 0. The molecule has 11 nitrogen and oxygen atoms in total. The fourth-order valence-electron chi connectivity index (χ4n) is 5.34. The normalized spacial score (nSPS) is 20.8. The van der Waals surface area contributed by atoms with Gasteiger partial charge in [-0.1, -0.05) is 6.07 Å². The van der Waals surface area contributed by atoms with E-state index in [0.29, 0.717) is 31.1 Å². The number of piperidine rings is 1. The third-order valence-electron chi connectivity index (χ3n) is 7.61. The first-order valence-corrected chi connectivity index (χ1v) is 13.7. The van der Waals surface area contributed by atoms with Gasteiger partial charge in [0.1, 0.15) is 18.0 Å². The second kappa shape index (κ2) is 13.3. The zero-order chi connectivity index (χ0) is 28.7. The van der Waals surface area contributed by atoms with Crippen LogP contribution in [0.3, 0.4) is 0 Å². The number of nitrogens with one attached hydrogen (secondary N) is 1. The molecule has 0 radical (unpaired) electrons. The van der Waals surface area contributed by atoms with Crippen LogP contribution < -0.4 is 10.3 Å². The summed E-state index contributed by atoms with van der Waals surface area (Å²) < 4.78 is 16.2. The molecule has 40 heavy (non-hydrogen) atoms. The van der Waals surface area contributed by atoms with E-state index in [0.717, 1.165) is 41.7 Å². The SMILES string of the molecule is COCCCc1cc(CN(C(=O)C2CN(C(=O)O)CCC2(O)c2cc[nH]c(=O)c2)C2CC2)cc(OCCOC)c1. The molecule has 1 saturated carbocycles. The largest absolute Gasteiger partial charge is 0.491 e. The highest BCUT2D eigenvalue weighted by atomic mass is 16.5. The van der Waals surface area contributed by atoms with Crippen molar-refractivity contribution in [3.63, 3.8) is 0 Å². The van der Waals surface area contributed by atoms with Gasteiger partial charge in [0.25, 0.3) is 0 Å². The molecule has 4 rings (SSSR count). The van der Waals surface area contributed by atoms with E-state index in [9.17, 15) is 24.6 Å². The Morgan fingerprint density at radius 2 is 1.85 bits per heavy atom. The van der Waals surface area contributed by atoms with E-state index in [1.54, 1.807) is 25.2 Å². The molecule has 1 aliphatic carbocycles. The lowest BCUT2D eigenvalue weighted by atomic mass is 9.75. The number of carbonyl (C=O) groups is 2. The van der Waals surface area contributed by atoms with Crippen LogP contribution in [0.1, 0.15) is 42.4 Å². The molecule has 3 N–H and O–H groups in total. The Hall–Kier alpha value is -3.41. The van der Waals surface area contributed by atoms with Gasteiger partial charge in [-0.25, -0.2) is 4.79 Å². The number of aliphatic hydroxyl groups is 1. The van der Waals surface area contributed by atoms with Crippen molar-refractivity contribution in [3.8, 4) is 5.75 Å². The van der Waals surface area contributed by atoms with Crippen molar-refractivity contribution >= 4 is 12.0 Å². The molecule has 2 aliphatic rings. The van der Waals surface area contributed by atoms with Gasteiger partial charge < -0.3 is 39.2 Å². The summed E-state index contributed by atoms with van der Waals surface area (Å²) in [6.45, 7) is 1.63. The number of aromatic nitrogens is 1. The zero-order valence-electron chi connectivity index (χ0n) is 23.1. The lowest BCUT2D eigenvalue weighted by Crippen LogP contribution is -2.57. The van der Waals surface area contributed by atoms with Crippen molar-refractivity contribution in [1.29, 1.82) is 0 Å². The monoisotopic (exact) mass is 557 g/mol. The van der Waals surface area contributed by atoms with Gasteiger partial charge >= 0.3 is 6.09 Å². The fraction of sp³-hybridized carbons (Fsp3) is 0.552. The molecule has 1 aliphatic heterocycles. The predicted octanol–water partition coefficient (Wildman–Crippen LogP) is 2.36. The van der Waals surface area contributed by atoms with E-state index in [1.165, 1.54) is 12.3 Å². The molecule has 1 aromatic carbocycles. The minimum atomic E-state index is -1.68. The molecule has 2 heterocycles. The summed E-state index contributed by atoms with van der Waals surface area (Å²) in [5.41, 5.74) is 0.168. The predicted molar refractivity (Wildman–Crippen MR) is 146 cm³/mol. The zero-order valence-corrected chi connectivity index (χ0v) is 23.1. The minimum absolute atomic E-state index is 0.00411. The number of aryl methyl sites for hydroxylation is 1. The molecule has 1 saturated heterocycles. The maximum absolute atomic E-state index is 14.2. The minimum Gasteiger partial charge on any atom is -0.491 e. The van der Waals surface area contributed by atoms with Crippen LogP contribution in [0.4, 0.5) is 4.79 Å². The van der Waals surface area contributed by atoms with Crippen LogP contribution in [0.25, 0.3) is 0 Å². The highest BCUT2D eigenvalue weighted by Crippen LogP contribution is 2.40. The third kappa shape index (κ3) is 7.21. The first-order valence-electron chi connectivity index (χ1n) is 13.7. The third-order valence-corrected chi connectivity index (χ3v) is 7.61. The second-order valence-corrected chi connectivity index (χ2v) is 10.5. The number of hydrogen-bond acceptors (Lipinski definition) is 7. The smallest absolute Gasteiger partial charge is 0.407 e. The number of likely N-dealkylation sites (tertiary alicyclic amines) is 1. The van der Waals surface area contributed by atoms with Gasteiger partial charge in [-0.05, 0) is 67.0 Å².